The molecule has 0 aliphatic rings. The van der Waals surface area contributed by atoms with Crippen molar-refractivity contribution in [3.8, 4) is 0 Å². The number of aliphatic carboxylic acids is 1. The van der Waals surface area contributed by atoms with Crippen LogP contribution in [0.3, 0.4) is 0 Å². The third-order valence-electron chi connectivity index (χ3n) is 2.63. The van der Waals surface area contributed by atoms with Gasteiger partial charge in [-0.2, -0.15) is 13.2 Å². The summed E-state index contributed by atoms with van der Waals surface area (Å²) >= 11 is 0. The van der Waals surface area contributed by atoms with E-state index in [0.717, 1.165) is 0 Å². The van der Waals surface area contributed by atoms with E-state index in [2.05, 4.69) is 5.32 Å². The van der Waals surface area contributed by atoms with Crippen LogP contribution in [0.1, 0.15) is 29.3 Å². The second kappa shape index (κ2) is 6.40. The van der Waals surface area contributed by atoms with Gasteiger partial charge in [0, 0.05) is 12.0 Å². The number of amides is 1. The zero-order valence-corrected chi connectivity index (χ0v) is 10.7. The minimum atomic E-state index is -4.22. The lowest BCUT2D eigenvalue weighted by Crippen LogP contribution is -2.38. The zero-order valence-electron chi connectivity index (χ0n) is 10.7. The summed E-state index contributed by atoms with van der Waals surface area (Å²) in [6, 6.07) is 4.55. The highest BCUT2D eigenvalue weighted by atomic mass is 19.4. The van der Waals surface area contributed by atoms with E-state index in [1.165, 1.54) is 31.2 Å². The Morgan fingerprint density at radius 2 is 1.80 bits per heavy atom. The third-order valence-corrected chi connectivity index (χ3v) is 2.63. The summed E-state index contributed by atoms with van der Waals surface area (Å²) in [4.78, 5) is 22.2. The molecule has 7 heteroatoms. The van der Waals surface area contributed by atoms with Gasteiger partial charge in [-0.05, 0) is 31.0 Å². The normalized spacial score (nSPS) is 12.8. The number of hydrogen-bond donors (Lipinski definition) is 2. The molecule has 0 bridgehead atoms. The van der Waals surface area contributed by atoms with Gasteiger partial charge in [0.2, 0.25) is 0 Å². The Bertz CT molecular complexity index is 483. The van der Waals surface area contributed by atoms with Crippen LogP contribution in [0.5, 0.6) is 0 Å². The molecule has 20 heavy (non-hydrogen) atoms. The molecule has 4 nitrogen and oxygen atoms in total. The molecule has 110 valence electrons. The predicted octanol–water partition coefficient (Wildman–Crippen LogP) is 2.38. The first-order valence-electron chi connectivity index (χ1n) is 5.88. The first-order valence-corrected chi connectivity index (χ1v) is 5.88. The minimum Gasteiger partial charge on any atom is -0.480 e. The Hall–Kier alpha value is -2.05. The van der Waals surface area contributed by atoms with E-state index in [-0.39, 0.29) is 12.0 Å². The predicted molar refractivity (Wildman–Crippen MR) is 65.4 cm³/mol. The van der Waals surface area contributed by atoms with E-state index in [1.54, 1.807) is 0 Å². The SMILES string of the molecule is C[C@H](NC(=O)c1ccc(CCC(F)(F)F)cc1)C(=O)O. The summed E-state index contributed by atoms with van der Waals surface area (Å²) < 4.78 is 36.1. The van der Waals surface area contributed by atoms with Crippen molar-refractivity contribution in [3.05, 3.63) is 35.4 Å². The highest BCUT2D eigenvalue weighted by Crippen LogP contribution is 2.22. The Morgan fingerprint density at radius 3 is 2.25 bits per heavy atom. The molecule has 0 aromatic heterocycles. The van der Waals surface area contributed by atoms with Gasteiger partial charge < -0.3 is 10.4 Å². The molecule has 0 unspecified atom stereocenters. The number of benzene rings is 1. The van der Waals surface area contributed by atoms with Crippen LogP contribution in [0, 0.1) is 0 Å². The first-order chi connectivity index (χ1) is 9.19. The van der Waals surface area contributed by atoms with E-state index in [1.807, 2.05) is 0 Å². The van der Waals surface area contributed by atoms with Gasteiger partial charge in [0.05, 0.1) is 0 Å². The highest BCUT2D eigenvalue weighted by molar-refractivity contribution is 5.96. The summed E-state index contributed by atoms with van der Waals surface area (Å²) in [5, 5.41) is 10.9. The number of carbonyl (C=O) groups excluding carboxylic acids is 1. The van der Waals surface area contributed by atoms with Crippen LogP contribution in [0.25, 0.3) is 0 Å². The highest BCUT2D eigenvalue weighted by Gasteiger charge is 2.26. The topological polar surface area (TPSA) is 66.4 Å². The molecular formula is C13H14F3NO3. The largest absolute Gasteiger partial charge is 0.480 e. The van der Waals surface area contributed by atoms with Crippen molar-refractivity contribution in [1.29, 1.82) is 0 Å². The Balaban J connectivity index is 2.62. The van der Waals surface area contributed by atoms with Crippen LogP contribution < -0.4 is 5.32 Å². The summed E-state index contributed by atoms with van der Waals surface area (Å²) in [5.41, 5.74) is 0.666. The average molecular weight is 289 g/mol. The smallest absolute Gasteiger partial charge is 0.389 e. The van der Waals surface area contributed by atoms with Crippen LogP contribution in [0.4, 0.5) is 13.2 Å². The molecule has 2 N–H and O–H groups in total. The quantitative estimate of drug-likeness (QED) is 0.874. The summed E-state index contributed by atoms with van der Waals surface area (Å²) in [5.74, 6) is -1.75. The van der Waals surface area contributed by atoms with Gasteiger partial charge in [0.1, 0.15) is 6.04 Å². The molecule has 1 aromatic carbocycles. The number of carboxylic acid groups (broad SMARTS) is 1. The number of hydrogen-bond acceptors (Lipinski definition) is 2. The molecule has 0 fully saturated rings. The Kier molecular flexibility index (Phi) is 5.12. The molecule has 0 aliphatic carbocycles. The average Bonchev–Trinajstić information content (AvgIpc) is 2.35. The van der Waals surface area contributed by atoms with Crippen LogP contribution >= 0.6 is 0 Å². The Labute approximate surface area is 113 Å². The van der Waals surface area contributed by atoms with Gasteiger partial charge in [-0.3, -0.25) is 9.59 Å². The fourth-order valence-corrected chi connectivity index (χ4v) is 1.45. The van der Waals surface area contributed by atoms with Crippen molar-refractivity contribution < 1.29 is 27.9 Å². The number of halogens is 3. The number of rotatable bonds is 5. The number of carbonyl (C=O) groups is 2. The second-order valence-electron chi connectivity index (χ2n) is 4.35. The van der Waals surface area contributed by atoms with Crippen LogP contribution in [0.2, 0.25) is 0 Å². The maximum atomic E-state index is 12.0. The molecule has 0 spiro atoms. The zero-order chi connectivity index (χ0) is 15.3. The van der Waals surface area contributed by atoms with Crippen LogP contribution in [-0.2, 0) is 11.2 Å². The maximum absolute atomic E-state index is 12.0. The fraction of sp³-hybridized carbons (Fsp3) is 0.385. The lowest BCUT2D eigenvalue weighted by molar-refractivity contribution is -0.138. The number of carboxylic acids is 1. The molecule has 1 amide bonds. The Morgan fingerprint density at radius 1 is 1.25 bits per heavy atom. The van der Waals surface area contributed by atoms with E-state index in [4.69, 9.17) is 5.11 Å². The molecular weight excluding hydrogens is 275 g/mol. The van der Waals surface area contributed by atoms with Crippen molar-refractivity contribution in [1.82, 2.24) is 5.32 Å². The monoisotopic (exact) mass is 289 g/mol. The molecule has 1 rings (SSSR count). The van der Waals surface area contributed by atoms with Crippen LogP contribution in [-0.4, -0.2) is 29.2 Å². The van der Waals surface area contributed by atoms with Gasteiger partial charge in [0.25, 0.3) is 5.91 Å². The minimum absolute atomic E-state index is 0.156. The lowest BCUT2D eigenvalue weighted by Gasteiger charge is -2.10. The van der Waals surface area contributed by atoms with Crippen molar-refractivity contribution >= 4 is 11.9 Å². The molecule has 1 aromatic rings. The molecule has 0 saturated heterocycles. The number of nitrogens with one attached hydrogen (secondary N) is 1. The van der Waals surface area contributed by atoms with E-state index in [9.17, 15) is 22.8 Å². The number of aryl methyl sites for hydroxylation is 1. The lowest BCUT2D eigenvalue weighted by atomic mass is 10.1. The van der Waals surface area contributed by atoms with Gasteiger partial charge in [-0.25, -0.2) is 0 Å². The molecule has 1 atom stereocenters. The van der Waals surface area contributed by atoms with Gasteiger partial charge in [-0.1, -0.05) is 12.1 Å². The molecule has 0 saturated carbocycles. The summed E-state index contributed by atoms with van der Waals surface area (Å²) in [6.45, 7) is 1.32. The summed E-state index contributed by atoms with van der Waals surface area (Å²) in [7, 11) is 0. The van der Waals surface area contributed by atoms with E-state index >= 15 is 0 Å². The molecule has 0 heterocycles. The van der Waals surface area contributed by atoms with Gasteiger partial charge >= 0.3 is 12.1 Å². The maximum Gasteiger partial charge on any atom is 0.389 e. The summed E-state index contributed by atoms with van der Waals surface area (Å²) in [6.07, 6.45) is -5.29. The van der Waals surface area contributed by atoms with E-state index < -0.39 is 30.5 Å². The van der Waals surface area contributed by atoms with Gasteiger partial charge in [-0.15, -0.1) is 0 Å². The van der Waals surface area contributed by atoms with Gasteiger partial charge in [0.15, 0.2) is 0 Å². The third kappa shape index (κ3) is 5.29. The standard InChI is InChI=1S/C13H14F3NO3/c1-8(12(19)20)17-11(18)10-4-2-9(3-5-10)6-7-13(14,15)16/h2-5,8H,6-7H2,1H3,(H,17,18)(H,19,20)/t8-/m0/s1. The van der Waals surface area contributed by atoms with Crippen molar-refractivity contribution in [2.24, 2.45) is 0 Å². The van der Waals surface area contributed by atoms with Crippen LogP contribution in [0.15, 0.2) is 24.3 Å². The van der Waals surface area contributed by atoms with Crippen molar-refractivity contribution in [3.63, 3.8) is 0 Å². The molecule has 0 radical (unpaired) electrons. The van der Waals surface area contributed by atoms with Crippen molar-refractivity contribution in [2.45, 2.75) is 32.0 Å². The molecule has 0 aliphatic heterocycles. The van der Waals surface area contributed by atoms with Crippen molar-refractivity contribution in [2.75, 3.05) is 0 Å². The second-order valence-corrected chi connectivity index (χ2v) is 4.35. The van der Waals surface area contributed by atoms with E-state index in [0.29, 0.717) is 5.56 Å². The number of alkyl halides is 3. The fourth-order valence-electron chi connectivity index (χ4n) is 1.45. The first kappa shape index (κ1) is 16.0.